The van der Waals surface area contributed by atoms with Crippen LogP contribution < -0.4 is 0 Å². The molecule has 0 aliphatic carbocycles. The molecule has 4 nitrogen and oxygen atoms in total. The highest BCUT2D eigenvalue weighted by Gasteiger charge is 2.16. The minimum absolute atomic E-state index is 0.0138. The lowest BCUT2D eigenvalue weighted by molar-refractivity contribution is -0.148. The highest BCUT2D eigenvalue weighted by atomic mass is 35.5. The van der Waals surface area contributed by atoms with Crippen LogP contribution in [0, 0.1) is 0 Å². The molecule has 0 aliphatic heterocycles. The third-order valence-corrected chi connectivity index (χ3v) is 4.29. The summed E-state index contributed by atoms with van der Waals surface area (Å²) in [6.07, 6.45) is 0.364. The van der Waals surface area contributed by atoms with E-state index in [2.05, 4.69) is 0 Å². The van der Waals surface area contributed by atoms with Crippen molar-refractivity contribution in [1.82, 2.24) is 4.90 Å². The second-order valence-electron chi connectivity index (χ2n) is 4.24. The third kappa shape index (κ3) is 6.40. The maximum Gasteiger partial charge on any atom is 0.325 e. The zero-order chi connectivity index (χ0) is 15.7. The molecule has 116 valence electrons. The quantitative estimate of drug-likeness (QED) is 0.542. The second kappa shape index (κ2) is 9.68. The summed E-state index contributed by atoms with van der Waals surface area (Å²) in [5.41, 5.74) is 0. The van der Waals surface area contributed by atoms with Crippen LogP contribution >= 0.6 is 23.4 Å². The molecule has 0 unspecified atom stereocenters. The first-order valence-electron chi connectivity index (χ1n) is 6.89. The van der Waals surface area contributed by atoms with E-state index in [1.807, 2.05) is 31.2 Å². The fraction of sp³-hybridized carbons (Fsp3) is 0.467. The van der Waals surface area contributed by atoms with Gasteiger partial charge in [-0.3, -0.25) is 9.59 Å². The number of hydrogen-bond acceptors (Lipinski definition) is 4. The molecule has 0 aliphatic rings. The Balaban J connectivity index is 2.41. The van der Waals surface area contributed by atoms with Crippen LogP contribution in [0.4, 0.5) is 0 Å². The highest BCUT2D eigenvalue weighted by molar-refractivity contribution is 7.99. The molecule has 0 N–H and O–H groups in total. The molecular weight excluding hydrogens is 310 g/mol. The van der Waals surface area contributed by atoms with Crippen molar-refractivity contribution < 1.29 is 14.3 Å². The lowest BCUT2D eigenvalue weighted by Crippen LogP contribution is -2.36. The van der Waals surface area contributed by atoms with E-state index in [4.69, 9.17) is 16.3 Å². The monoisotopic (exact) mass is 329 g/mol. The van der Waals surface area contributed by atoms with E-state index in [0.717, 1.165) is 4.90 Å². The molecule has 0 aromatic heterocycles. The number of likely N-dealkylation sites (N-methyl/N-ethyl adjacent to an activating group) is 1. The summed E-state index contributed by atoms with van der Waals surface area (Å²) in [5.74, 6) is 0.207. The van der Waals surface area contributed by atoms with Crippen molar-refractivity contribution in [3.8, 4) is 0 Å². The number of esters is 1. The summed E-state index contributed by atoms with van der Waals surface area (Å²) in [6.45, 7) is 4.43. The molecule has 0 fully saturated rings. The maximum atomic E-state index is 12.1. The van der Waals surface area contributed by atoms with Crippen LogP contribution in [0.2, 0.25) is 5.02 Å². The van der Waals surface area contributed by atoms with Crippen molar-refractivity contribution in [2.75, 3.05) is 25.4 Å². The molecule has 1 rings (SSSR count). The van der Waals surface area contributed by atoms with Gasteiger partial charge in [-0.2, -0.15) is 0 Å². The van der Waals surface area contributed by atoms with Gasteiger partial charge in [-0.1, -0.05) is 23.7 Å². The van der Waals surface area contributed by atoms with Crippen molar-refractivity contribution in [1.29, 1.82) is 0 Å². The molecule has 0 spiro atoms. The predicted octanol–water partition coefficient (Wildman–Crippen LogP) is 3.23. The fourth-order valence-electron chi connectivity index (χ4n) is 1.71. The Morgan fingerprint density at radius 3 is 2.62 bits per heavy atom. The van der Waals surface area contributed by atoms with Gasteiger partial charge < -0.3 is 9.64 Å². The van der Waals surface area contributed by atoms with Gasteiger partial charge in [0, 0.05) is 23.6 Å². The number of carbonyl (C=O) groups is 2. The number of halogens is 1. The Kier molecular flexibility index (Phi) is 8.23. The van der Waals surface area contributed by atoms with Crippen molar-refractivity contribution in [3.05, 3.63) is 29.3 Å². The number of carbonyl (C=O) groups excluding carboxylic acids is 2. The number of nitrogens with zero attached hydrogens (tertiary/aromatic N) is 1. The van der Waals surface area contributed by atoms with E-state index in [1.165, 1.54) is 16.7 Å². The van der Waals surface area contributed by atoms with Gasteiger partial charge in [0.25, 0.3) is 0 Å². The van der Waals surface area contributed by atoms with Crippen molar-refractivity contribution in [3.63, 3.8) is 0 Å². The van der Waals surface area contributed by atoms with Crippen LogP contribution in [0.1, 0.15) is 20.3 Å². The Labute approximate surface area is 134 Å². The summed E-state index contributed by atoms with van der Waals surface area (Å²) in [5, 5.41) is 0.689. The van der Waals surface area contributed by atoms with Gasteiger partial charge in [0.2, 0.25) is 5.91 Å². The second-order valence-corrected chi connectivity index (χ2v) is 5.79. The predicted molar refractivity (Wildman–Crippen MR) is 85.7 cm³/mol. The number of thioether (sulfide) groups is 1. The van der Waals surface area contributed by atoms with Gasteiger partial charge >= 0.3 is 5.97 Å². The van der Waals surface area contributed by atoms with Gasteiger partial charge in [-0.25, -0.2) is 0 Å². The van der Waals surface area contributed by atoms with Crippen molar-refractivity contribution in [2.24, 2.45) is 0 Å². The summed E-state index contributed by atoms with van der Waals surface area (Å²) in [4.78, 5) is 25.9. The van der Waals surface area contributed by atoms with Gasteiger partial charge in [-0.05, 0) is 26.0 Å². The Bertz CT molecular complexity index is 482. The molecule has 0 radical (unpaired) electrons. The zero-order valence-electron chi connectivity index (χ0n) is 12.3. The molecule has 0 saturated heterocycles. The van der Waals surface area contributed by atoms with Gasteiger partial charge in [0.05, 0.1) is 11.6 Å². The minimum Gasteiger partial charge on any atom is -0.465 e. The summed E-state index contributed by atoms with van der Waals surface area (Å²) in [6, 6.07) is 7.53. The van der Waals surface area contributed by atoms with Gasteiger partial charge in [0.1, 0.15) is 6.54 Å². The van der Waals surface area contributed by atoms with Crippen LogP contribution in [0.25, 0.3) is 0 Å². The molecule has 1 aromatic carbocycles. The zero-order valence-corrected chi connectivity index (χ0v) is 13.9. The number of ether oxygens (including phenoxy) is 1. The Morgan fingerprint density at radius 2 is 2.00 bits per heavy atom. The molecule has 1 amide bonds. The Morgan fingerprint density at radius 1 is 1.29 bits per heavy atom. The number of rotatable bonds is 8. The van der Waals surface area contributed by atoms with Crippen LogP contribution in [0.15, 0.2) is 29.2 Å². The first-order chi connectivity index (χ1) is 10.1. The average Bonchev–Trinajstić information content (AvgIpc) is 2.47. The highest BCUT2D eigenvalue weighted by Crippen LogP contribution is 2.27. The van der Waals surface area contributed by atoms with Gasteiger partial charge in [-0.15, -0.1) is 11.8 Å². The average molecular weight is 330 g/mol. The maximum absolute atomic E-state index is 12.1. The number of hydrogen-bond donors (Lipinski definition) is 0. The van der Waals surface area contributed by atoms with Gasteiger partial charge in [0.15, 0.2) is 0 Å². The van der Waals surface area contributed by atoms with Crippen LogP contribution in [0.5, 0.6) is 0 Å². The summed E-state index contributed by atoms with van der Waals surface area (Å²) < 4.78 is 4.86. The van der Waals surface area contributed by atoms with Crippen molar-refractivity contribution in [2.45, 2.75) is 25.2 Å². The largest absolute Gasteiger partial charge is 0.465 e. The minimum atomic E-state index is -0.369. The van der Waals surface area contributed by atoms with E-state index in [9.17, 15) is 9.59 Å². The molecule has 0 bridgehead atoms. The molecule has 21 heavy (non-hydrogen) atoms. The van der Waals surface area contributed by atoms with Crippen LogP contribution in [-0.2, 0) is 14.3 Å². The molecule has 0 atom stereocenters. The number of benzene rings is 1. The van der Waals surface area contributed by atoms with Crippen LogP contribution in [0.3, 0.4) is 0 Å². The SMILES string of the molecule is CCOC(=O)CN(CC)C(=O)CCSc1ccccc1Cl. The smallest absolute Gasteiger partial charge is 0.325 e. The van der Waals surface area contributed by atoms with E-state index in [1.54, 1.807) is 6.92 Å². The summed E-state index contributed by atoms with van der Waals surface area (Å²) in [7, 11) is 0. The molecule has 1 aromatic rings. The fourth-order valence-corrected chi connectivity index (χ4v) is 2.88. The summed E-state index contributed by atoms with van der Waals surface area (Å²) >= 11 is 7.59. The first-order valence-corrected chi connectivity index (χ1v) is 8.25. The first kappa shape index (κ1) is 17.9. The van der Waals surface area contributed by atoms with E-state index < -0.39 is 0 Å². The topological polar surface area (TPSA) is 46.6 Å². The third-order valence-electron chi connectivity index (χ3n) is 2.77. The molecule has 6 heteroatoms. The molecule has 0 saturated carbocycles. The van der Waals surface area contributed by atoms with E-state index in [-0.39, 0.29) is 18.4 Å². The lowest BCUT2D eigenvalue weighted by Gasteiger charge is -2.19. The number of amides is 1. The standard InChI is InChI=1S/C15H20ClNO3S/c1-3-17(11-15(19)20-4-2)14(18)9-10-21-13-8-6-5-7-12(13)16/h5-8H,3-4,9-11H2,1-2H3. The normalized spacial score (nSPS) is 10.2. The Hall–Kier alpha value is -1.20. The lowest BCUT2D eigenvalue weighted by atomic mass is 10.3. The van der Waals surface area contributed by atoms with Crippen molar-refractivity contribution >= 4 is 35.2 Å². The van der Waals surface area contributed by atoms with E-state index >= 15 is 0 Å². The van der Waals surface area contributed by atoms with E-state index in [0.29, 0.717) is 30.3 Å². The molecule has 0 heterocycles. The molecular formula is C15H20ClNO3S. The van der Waals surface area contributed by atoms with Crippen LogP contribution in [-0.4, -0.2) is 42.2 Å².